The van der Waals surface area contributed by atoms with Crippen molar-refractivity contribution in [3.63, 3.8) is 0 Å². The number of nitrogens with zero attached hydrogens (tertiary/aromatic N) is 3. The number of aryl methyl sites for hydroxylation is 1. The molecule has 0 fully saturated rings. The second-order valence-electron chi connectivity index (χ2n) is 6.32. The highest BCUT2D eigenvalue weighted by atomic mass is 32.2. The number of methoxy groups -OCH3 is 1. The van der Waals surface area contributed by atoms with Crippen molar-refractivity contribution < 1.29 is 9.53 Å². The van der Waals surface area contributed by atoms with Crippen LogP contribution < -0.4 is 0 Å². The number of thiophene rings is 1. The lowest BCUT2D eigenvalue weighted by Gasteiger charge is -2.09. The monoisotopic (exact) mass is 404 g/mol. The SMILES string of the molecule is COCCCn1c(C)cc(C(=O)CSc2n[nH]c(Cc3cccs3)n2)c1C. The number of aromatic amines is 1. The van der Waals surface area contributed by atoms with E-state index in [-0.39, 0.29) is 5.78 Å². The van der Waals surface area contributed by atoms with Crippen LogP contribution in [0.5, 0.6) is 0 Å². The Morgan fingerprint density at radius 3 is 3.00 bits per heavy atom. The minimum atomic E-state index is 0.107. The van der Waals surface area contributed by atoms with Gasteiger partial charge in [0.15, 0.2) is 5.78 Å². The summed E-state index contributed by atoms with van der Waals surface area (Å²) in [4.78, 5) is 18.4. The van der Waals surface area contributed by atoms with Crippen LogP contribution in [0.15, 0.2) is 28.7 Å². The van der Waals surface area contributed by atoms with Crippen molar-refractivity contribution in [1.82, 2.24) is 19.7 Å². The van der Waals surface area contributed by atoms with Gasteiger partial charge in [-0.15, -0.1) is 16.4 Å². The molecule has 1 N–H and O–H groups in total. The van der Waals surface area contributed by atoms with Crippen molar-refractivity contribution in [2.45, 2.75) is 38.4 Å². The van der Waals surface area contributed by atoms with E-state index < -0.39 is 0 Å². The Bertz CT molecular complexity index is 884. The number of carbonyl (C=O) groups excluding carboxylic acids is 1. The van der Waals surface area contributed by atoms with Crippen LogP contribution in [-0.2, 0) is 17.7 Å². The Labute approximate surface area is 167 Å². The summed E-state index contributed by atoms with van der Waals surface area (Å²) in [7, 11) is 1.70. The Morgan fingerprint density at radius 1 is 1.41 bits per heavy atom. The Balaban J connectivity index is 1.58. The van der Waals surface area contributed by atoms with Gasteiger partial charge in [-0.2, -0.15) is 0 Å². The molecule has 0 amide bonds. The topological polar surface area (TPSA) is 72.8 Å². The summed E-state index contributed by atoms with van der Waals surface area (Å²) in [6.07, 6.45) is 1.67. The summed E-state index contributed by atoms with van der Waals surface area (Å²) < 4.78 is 7.30. The third kappa shape index (κ3) is 5.09. The molecule has 0 bridgehead atoms. The fourth-order valence-corrected chi connectivity index (χ4v) is 4.41. The maximum absolute atomic E-state index is 12.7. The Morgan fingerprint density at radius 2 is 2.26 bits per heavy atom. The molecule has 3 aromatic heterocycles. The first kappa shape index (κ1) is 19.9. The maximum atomic E-state index is 12.7. The van der Waals surface area contributed by atoms with Crippen molar-refractivity contribution in [2.75, 3.05) is 19.5 Å². The Kier molecular flexibility index (Phi) is 6.87. The molecular weight excluding hydrogens is 380 g/mol. The lowest BCUT2D eigenvalue weighted by Crippen LogP contribution is -2.08. The summed E-state index contributed by atoms with van der Waals surface area (Å²) >= 11 is 3.07. The number of rotatable bonds is 10. The highest BCUT2D eigenvalue weighted by Gasteiger charge is 2.17. The van der Waals surface area contributed by atoms with Crippen LogP contribution in [0, 0.1) is 13.8 Å². The van der Waals surface area contributed by atoms with E-state index in [1.165, 1.54) is 16.6 Å². The van der Waals surface area contributed by atoms with Gasteiger partial charge in [-0.25, -0.2) is 4.98 Å². The van der Waals surface area contributed by atoms with Gasteiger partial charge in [0.1, 0.15) is 5.82 Å². The molecule has 0 aromatic carbocycles. The van der Waals surface area contributed by atoms with Crippen molar-refractivity contribution in [3.05, 3.63) is 51.2 Å². The zero-order valence-electron chi connectivity index (χ0n) is 15.8. The van der Waals surface area contributed by atoms with Crippen LogP contribution in [0.4, 0.5) is 0 Å². The summed E-state index contributed by atoms with van der Waals surface area (Å²) in [5, 5.41) is 9.84. The summed E-state index contributed by atoms with van der Waals surface area (Å²) in [5.74, 6) is 1.26. The lowest BCUT2D eigenvalue weighted by molar-refractivity contribution is 0.102. The Hall–Kier alpha value is -1.90. The smallest absolute Gasteiger partial charge is 0.208 e. The number of Topliss-reactive ketones (excluding diaryl/α,β-unsaturated/α-hetero) is 1. The van der Waals surface area contributed by atoms with Crippen molar-refractivity contribution in [3.8, 4) is 0 Å². The highest BCUT2D eigenvalue weighted by molar-refractivity contribution is 7.99. The van der Waals surface area contributed by atoms with Crippen molar-refractivity contribution >= 4 is 28.9 Å². The van der Waals surface area contributed by atoms with E-state index in [0.29, 0.717) is 10.9 Å². The van der Waals surface area contributed by atoms with Crippen LogP contribution in [0.25, 0.3) is 0 Å². The van der Waals surface area contributed by atoms with E-state index in [1.54, 1.807) is 18.4 Å². The number of aromatic nitrogens is 4. The van der Waals surface area contributed by atoms with Crippen LogP contribution in [0.3, 0.4) is 0 Å². The lowest BCUT2D eigenvalue weighted by atomic mass is 10.2. The average molecular weight is 405 g/mol. The molecule has 8 heteroatoms. The largest absolute Gasteiger partial charge is 0.385 e. The van der Waals surface area contributed by atoms with Gasteiger partial charge in [0.2, 0.25) is 5.16 Å². The number of thioether (sulfide) groups is 1. The maximum Gasteiger partial charge on any atom is 0.208 e. The normalized spacial score (nSPS) is 11.2. The van der Waals surface area contributed by atoms with Gasteiger partial charge in [-0.05, 0) is 37.8 Å². The minimum absolute atomic E-state index is 0.107. The fraction of sp³-hybridized carbons (Fsp3) is 0.421. The van der Waals surface area contributed by atoms with Gasteiger partial charge in [0, 0.05) is 48.5 Å². The fourth-order valence-electron chi connectivity index (χ4n) is 3.00. The molecule has 0 unspecified atom stereocenters. The van der Waals surface area contributed by atoms with Crippen LogP contribution in [0.1, 0.15) is 38.9 Å². The molecular formula is C19H24N4O2S2. The first-order chi connectivity index (χ1) is 13.1. The van der Waals surface area contributed by atoms with E-state index in [9.17, 15) is 4.79 Å². The molecule has 0 saturated heterocycles. The second-order valence-corrected chi connectivity index (χ2v) is 8.29. The predicted molar refractivity (Wildman–Crippen MR) is 109 cm³/mol. The number of carbonyl (C=O) groups is 1. The summed E-state index contributed by atoms with van der Waals surface area (Å²) in [6.45, 7) is 5.62. The molecule has 144 valence electrons. The van der Waals surface area contributed by atoms with Gasteiger partial charge in [-0.1, -0.05) is 17.8 Å². The summed E-state index contributed by atoms with van der Waals surface area (Å²) in [5.41, 5.74) is 2.91. The molecule has 3 heterocycles. The third-order valence-electron chi connectivity index (χ3n) is 4.37. The number of ketones is 1. The van der Waals surface area contributed by atoms with Gasteiger partial charge >= 0.3 is 0 Å². The van der Waals surface area contributed by atoms with Crippen molar-refractivity contribution in [2.24, 2.45) is 0 Å². The van der Waals surface area contributed by atoms with Gasteiger partial charge in [-0.3, -0.25) is 9.89 Å². The molecule has 0 radical (unpaired) electrons. The van der Waals surface area contributed by atoms with E-state index in [0.717, 1.165) is 48.8 Å². The van der Waals surface area contributed by atoms with Gasteiger partial charge < -0.3 is 9.30 Å². The molecule has 6 nitrogen and oxygen atoms in total. The van der Waals surface area contributed by atoms with E-state index in [1.807, 2.05) is 31.4 Å². The van der Waals surface area contributed by atoms with Crippen LogP contribution in [-0.4, -0.2) is 45.0 Å². The average Bonchev–Trinajstić information content (AvgIpc) is 3.38. The first-order valence-electron chi connectivity index (χ1n) is 8.83. The van der Waals surface area contributed by atoms with Gasteiger partial charge in [0.25, 0.3) is 0 Å². The molecule has 0 aliphatic rings. The molecule has 3 rings (SSSR count). The van der Waals surface area contributed by atoms with Crippen LogP contribution >= 0.6 is 23.1 Å². The predicted octanol–water partition coefficient (Wildman–Crippen LogP) is 3.89. The number of hydrogen-bond donors (Lipinski definition) is 1. The van der Waals surface area contributed by atoms with E-state index in [2.05, 4.69) is 25.8 Å². The quantitative estimate of drug-likeness (QED) is 0.315. The van der Waals surface area contributed by atoms with E-state index >= 15 is 0 Å². The molecule has 27 heavy (non-hydrogen) atoms. The first-order valence-corrected chi connectivity index (χ1v) is 10.7. The minimum Gasteiger partial charge on any atom is -0.385 e. The number of nitrogens with one attached hydrogen (secondary N) is 1. The zero-order valence-corrected chi connectivity index (χ0v) is 17.5. The summed E-state index contributed by atoms with van der Waals surface area (Å²) in [6, 6.07) is 6.08. The number of hydrogen-bond acceptors (Lipinski definition) is 6. The third-order valence-corrected chi connectivity index (χ3v) is 6.09. The van der Waals surface area contributed by atoms with Crippen molar-refractivity contribution in [1.29, 1.82) is 0 Å². The molecule has 0 saturated carbocycles. The molecule has 0 aliphatic heterocycles. The molecule has 3 aromatic rings. The van der Waals surface area contributed by atoms with Gasteiger partial charge in [0.05, 0.1) is 5.75 Å². The van der Waals surface area contributed by atoms with Crippen LogP contribution in [0.2, 0.25) is 0 Å². The molecule has 0 spiro atoms. The van der Waals surface area contributed by atoms with E-state index in [4.69, 9.17) is 4.74 Å². The molecule has 0 atom stereocenters. The zero-order chi connectivity index (χ0) is 19.2. The number of ether oxygens (including phenoxy) is 1. The second kappa shape index (κ2) is 9.34. The molecule has 0 aliphatic carbocycles. The highest BCUT2D eigenvalue weighted by Crippen LogP contribution is 2.21. The number of H-pyrrole nitrogens is 1. The standard InChI is InChI=1S/C19H24N4O2S2/c1-13-10-16(14(2)23(13)7-5-8-25-3)17(24)12-27-19-20-18(21-22-19)11-15-6-4-9-26-15/h4,6,9-10H,5,7-8,11-12H2,1-3H3,(H,20,21,22).